The Bertz CT molecular complexity index is 267. The van der Waals surface area contributed by atoms with Crippen LogP contribution >= 0.6 is 0 Å². The first-order valence-electron chi connectivity index (χ1n) is 7.69. The summed E-state index contributed by atoms with van der Waals surface area (Å²) in [6.45, 7) is 2.51. The molecule has 1 saturated carbocycles. The Morgan fingerprint density at radius 2 is 1.61 bits per heavy atom. The van der Waals surface area contributed by atoms with Gasteiger partial charge in [-0.05, 0) is 50.4 Å². The highest BCUT2D eigenvalue weighted by molar-refractivity contribution is 4.94. The summed E-state index contributed by atoms with van der Waals surface area (Å²) >= 11 is 0. The molecule has 2 heterocycles. The Labute approximate surface area is 110 Å². The maximum Gasteiger partial charge on any atom is 0.0686 e. The van der Waals surface area contributed by atoms with E-state index < -0.39 is 0 Å². The standard InChI is InChI=1S/C15H26O3/c16-14(12-3-8-17-9-4-12)13-5-10-18-15(11-13)6-1-2-7-15/h12-14,16H,1-11H2. The summed E-state index contributed by atoms with van der Waals surface area (Å²) in [6, 6.07) is 0. The number of rotatable bonds is 2. The molecule has 3 nitrogen and oxygen atoms in total. The van der Waals surface area contributed by atoms with Gasteiger partial charge in [-0.3, -0.25) is 0 Å². The summed E-state index contributed by atoms with van der Waals surface area (Å²) in [5.41, 5.74) is 0.134. The predicted octanol–water partition coefficient (Wildman–Crippen LogP) is 2.51. The van der Waals surface area contributed by atoms with Crippen LogP contribution in [0.15, 0.2) is 0 Å². The van der Waals surface area contributed by atoms with Crippen molar-refractivity contribution in [3.05, 3.63) is 0 Å². The summed E-state index contributed by atoms with van der Waals surface area (Å²) in [4.78, 5) is 0. The highest BCUT2D eigenvalue weighted by Crippen LogP contribution is 2.44. The quantitative estimate of drug-likeness (QED) is 0.823. The fraction of sp³-hybridized carbons (Fsp3) is 1.00. The first-order valence-corrected chi connectivity index (χ1v) is 7.69. The fourth-order valence-electron chi connectivity index (χ4n) is 4.17. The molecule has 0 aromatic rings. The second kappa shape index (κ2) is 5.48. The minimum Gasteiger partial charge on any atom is -0.393 e. The van der Waals surface area contributed by atoms with Crippen LogP contribution in [0.4, 0.5) is 0 Å². The third-order valence-corrected chi connectivity index (χ3v) is 5.28. The molecule has 2 atom stereocenters. The molecular formula is C15H26O3. The minimum atomic E-state index is -0.129. The van der Waals surface area contributed by atoms with Crippen molar-refractivity contribution in [3.8, 4) is 0 Å². The van der Waals surface area contributed by atoms with E-state index in [1.165, 1.54) is 25.7 Å². The molecule has 3 heteroatoms. The maximum absolute atomic E-state index is 10.6. The van der Waals surface area contributed by atoms with E-state index in [-0.39, 0.29) is 11.7 Å². The third kappa shape index (κ3) is 2.59. The Morgan fingerprint density at radius 1 is 0.944 bits per heavy atom. The lowest BCUT2D eigenvalue weighted by molar-refractivity contribution is -0.125. The van der Waals surface area contributed by atoms with E-state index in [9.17, 15) is 5.11 Å². The first kappa shape index (κ1) is 12.9. The van der Waals surface area contributed by atoms with E-state index in [4.69, 9.17) is 9.47 Å². The molecular weight excluding hydrogens is 228 g/mol. The second-order valence-corrected chi connectivity index (χ2v) is 6.43. The highest BCUT2D eigenvalue weighted by Gasteiger charge is 2.43. The number of hydrogen-bond donors (Lipinski definition) is 1. The second-order valence-electron chi connectivity index (χ2n) is 6.43. The van der Waals surface area contributed by atoms with Crippen molar-refractivity contribution in [2.45, 2.75) is 63.1 Å². The Balaban J connectivity index is 1.60. The molecule has 2 unspecified atom stereocenters. The molecule has 0 amide bonds. The van der Waals surface area contributed by atoms with Gasteiger partial charge in [-0.1, -0.05) is 12.8 Å². The Hall–Kier alpha value is -0.120. The monoisotopic (exact) mass is 254 g/mol. The average Bonchev–Trinajstić information content (AvgIpc) is 2.87. The van der Waals surface area contributed by atoms with E-state index in [0.29, 0.717) is 11.8 Å². The van der Waals surface area contributed by atoms with E-state index in [1.54, 1.807) is 0 Å². The normalized spacial score (nSPS) is 34.8. The summed E-state index contributed by atoms with van der Waals surface area (Å²) in [6.07, 6.45) is 9.10. The number of aliphatic hydroxyl groups is 1. The zero-order chi connectivity index (χ0) is 12.4. The topological polar surface area (TPSA) is 38.7 Å². The van der Waals surface area contributed by atoms with Gasteiger partial charge in [-0.15, -0.1) is 0 Å². The number of ether oxygens (including phenoxy) is 2. The van der Waals surface area contributed by atoms with Gasteiger partial charge in [0.2, 0.25) is 0 Å². The van der Waals surface area contributed by atoms with Crippen LogP contribution in [0.25, 0.3) is 0 Å². The van der Waals surface area contributed by atoms with Crippen LogP contribution in [-0.2, 0) is 9.47 Å². The lowest BCUT2D eigenvalue weighted by Gasteiger charge is -2.42. The molecule has 1 spiro atoms. The summed E-state index contributed by atoms with van der Waals surface area (Å²) in [7, 11) is 0. The van der Waals surface area contributed by atoms with Crippen molar-refractivity contribution in [3.63, 3.8) is 0 Å². The zero-order valence-corrected chi connectivity index (χ0v) is 11.3. The van der Waals surface area contributed by atoms with Gasteiger partial charge in [-0.25, -0.2) is 0 Å². The number of hydrogen-bond acceptors (Lipinski definition) is 3. The lowest BCUT2D eigenvalue weighted by atomic mass is 9.76. The summed E-state index contributed by atoms with van der Waals surface area (Å²) in [5.74, 6) is 0.917. The Kier molecular flexibility index (Phi) is 3.92. The Morgan fingerprint density at radius 3 is 2.33 bits per heavy atom. The van der Waals surface area contributed by atoms with Gasteiger partial charge in [0, 0.05) is 19.8 Å². The van der Waals surface area contributed by atoms with E-state index >= 15 is 0 Å². The van der Waals surface area contributed by atoms with Gasteiger partial charge in [0.1, 0.15) is 0 Å². The van der Waals surface area contributed by atoms with E-state index in [0.717, 1.165) is 45.5 Å². The SMILES string of the molecule is OC(C1CCOCC1)C1CCOC2(CCCC2)C1. The van der Waals surface area contributed by atoms with Crippen LogP contribution in [0, 0.1) is 11.8 Å². The average molecular weight is 254 g/mol. The molecule has 104 valence electrons. The van der Waals surface area contributed by atoms with Crippen LogP contribution < -0.4 is 0 Å². The fourth-order valence-corrected chi connectivity index (χ4v) is 4.17. The third-order valence-electron chi connectivity index (χ3n) is 5.28. The van der Waals surface area contributed by atoms with Crippen LogP contribution in [0.5, 0.6) is 0 Å². The maximum atomic E-state index is 10.6. The largest absolute Gasteiger partial charge is 0.393 e. The first-order chi connectivity index (χ1) is 8.79. The molecule has 0 radical (unpaired) electrons. The number of aliphatic hydroxyl groups excluding tert-OH is 1. The van der Waals surface area contributed by atoms with Crippen molar-refractivity contribution >= 4 is 0 Å². The summed E-state index contributed by atoms with van der Waals surface area (Å²) in [5, 5.41) is 10.6. The molecule has 0 aromatic carbocycles. The van der Waals surface area contributed by atoms with Gasteiger partial charge < -0.3 is 14.6 Å². The van der Waals surface area contributed by atoms with Gasteiger partial charge in [0.15, 0.2) is 0 Å². The molecule has 3 aliphatic rings. The zero-order valence-electron chi connectivity index (χ0n) is 11.3. The van der Waals surface area contributed by atoms with Crippen LogP contribution in [-0.4, -0.2) is 36.6 Å². The van der Waals surface area contributed by atoms with Crippen LogP contribution in [0.1, 0.15) is 51.4 Å². The highest BCUT2D eigenvalue weighted by atomic mass is 16.5. The smallest absolute Gasteiger partial charge is 0.0686 e. The van der Waals surface area contributed by atoms with E-state index in [2.05, 4.69) is 0 Å². The van der Waals surface area contributed by atoms with Crippen molar-refractivity contribution in [1.29, 1.82) is 0 Å². The molecule has 0 aromatic heterocycles. The van der Waals surface area contributed by atoms with Gasteiger partial charge in [-0.2, -0.15) is 0 Å². The van der Waals surface area contributed by atoms with Crippen molar-refractivity contribution < 1.29 is 14.6 Å². The predicted molar refractivity (Wildman–Crippen MR) is 69.4 cm³/mol. The van der Waals surface area contributed by atoms with Gasteiger partial charge in [0.25, 0.3) is 0 Å². The van der Waals surface area contributed by atoms with Crippen molar-refractivity contribution in [2.24, 2.45) is 11.8 Å². The van der Waals surface area contributed by atoms with Crippen LogP contribution in [0.3, 0.4) is 0 Å². The van der Waals surface area contributed by atoms with Gasteiger partial charge >= 0.3 is 0 Å². The molecule has 3 rings (SSSR count). The molecule has 18 heavy (non-hydrogen) atoms. The van der Waals surface area contributed by atoms with Crippen molar-refractivity contribution in [2.75, 3.05) is 19.8 Å². The van der Waals surface area contributed by atoms with Crippen LogP contribution in [0.2, 0.25) is 0 Å². The summed E-state index contributed by atoms with van der Waals surface area (Å²) < 4.78 is 11.5. The molecule has 1 N–H and O–H groups in total. The van der Waals surface area contributed by atoms with Crippen molar-refractivity contribution in [1.82, 2.24) is 0 Å². The molecule has 2 aliphatic heterocycles. The molecule has 0 bridgehead atoms. The van der Waals surface area contributed by atoms with Gasteiger partial charge in [0.05, 0.1) is 11.7 Å². The molecule has 3 fully saturated rings. The lowest BCUT2D eigenvalue weighted by Crippen LogP contribution is -2.44. The van der Waals surface area contributed by atoms with E-state index in [1.807, 2.05) is 0 Å². The minimum absolute atomic E-state index is 0.129. The molecule has 2 saturated heterocycles. The molecule has 1 aliphatic carbocycles.